The minimum absolute atomic E-state index is 0.208. The molecule has 0 unspecified atom stereocenters. The Balaban J connectivity index is 1.13. The Morgan fingerprint density at radius 2 is 1.07 bits per heavy atom. The molecular formula is C45H49F3N6O4. The van der Waals surface area contributed by atoms with E-state index in [4.69, 9.17) is 9.47 Å². The van der Waals surface area contributed by atoms with E-state index in [2.05, 4.69) is 19.9 Å². The van der Waals surface area contributed by atoms with Crippen molar-refractivity contribution in [3.63, 3.8) is 0 Å². The van der Waals surface area contributed by atoms with Gasteiger partial charge in [0.1, 0.15) is 22.9 Å². The number of rotatable bonds is 7. The summed E-state index contributed by atoms with van der Waals surface area (Å²) in [4.78, 5) is 45.3. The summed E-state index contributed by atoms with van der Waals surface area (Å²) in [5.74, 6) is 1.38. The van der Waals surface area contributed by atoms with E-state index in [-0.39, 0.29) is 24.3 Å². The number of likely N-dealkylation sites (tertiary alicyclic amines) is 2. The second kappa shape index (κ2) is 15.8. The van der Waals surface area contributed by atoms with E-state index >= 15 is 0 Å². The molecule has 2 aliphatic rings. The molecule has 4 heterocycles. The molecular weight excluding hydrogens is 746 g/mol. The molecule has 3 aromatic carbocycles. The third-order valence-electron chi connectivity index (χ3n) is 10.1. The van der Waals surface area contributed by atoms with Crippen molar-refractivity contribution >= 4 is 23.8 Å². The summed E-state index contributed by atoms with van der Waals surface area (Å²) in [6.07, 6.45) is 3.53. The van der Waals surface area contributed by atoms with Gasteiger partial charge in [-0.15, -0.1) is 0 Å². The molecule has 2 atom stereocenters. The van der Waals surface area contributed by atoms with Crippen molar-refractivity contribution in [3.05, 3.63) is 119 Å². The molecule has 2 saturated heterocycles. The molecule has 13 heteroatoms. The SMILES string of the molecule is CC(C)(C)OC(=O)N1CCC[C@H]1c1ncc(-c2ccc(/C=C(/c3ccc(-c4cnc([C@@H]5CCCN5C(=O)OC(C)(C)C)[nH]4)cc3)c3ccc(C(F)(F)F)cc3)cc2)[nH]1. The van der Waals surface area contributed by atoms with Crippen LogP contribution in [0.3, 0.4) is 0 Å². The molecule has 0 bridgehead atoms. The van der Waals surface area contributed by atoms with Crippen molar-refractivity contribution in [2.45, 2.75) is 96.7 Å². The quantitative estimate of drug-likeness (QED) is 0.158. The largest absolute Gasteiger partial charge is 0.444 e. The van der Waals surface area contributed by atoms with Crippen LogP contribution in [0.25, 0.3) is 34.2 Å². The van der Waals surface area contributed by atoms with E-state index in [0.29, 0.717) is 30.3 Å². The first-order valence-electron chi connectivity index (χ1n) is 19.6. The molecule has 0 radical (unpaired) electrons. The fraction of sp³-hybridized carbons (Fsp3) is 0.378. The molecule has 2 fully saturated rings. The number of carbonyl (C=O) groups is 2. The maximum absolute atomic E-state index is 13.5. The summed E-state index contributed by atoms with van der Waals surface area (Å²) in [6, 6.07) is 20.3. The van der Waals surface area contributed by atoms with Crippen LogP contribution in [0.4, 0.5) is 22.8 Å². The van der Waals surface area contributed by atoms with Gasteiger partial charge in [-0.1, -0.05) is 60.7 Å². The lowest BCUT2D eigenvalue weighted by molar-refractivity contribution is -0.137. The Morgan fingerprint density at radius 3 is 1.48 bits per heavy atom. The van der Waals surface area contributed by atoms with Crippen LogP contribution in [-0.2, 0) is 15.7 Å². The zero-order chi connectivity index (χ0) is 41.4. The number of ether oxygens (including phenoxy) is 2. The standard InChI is InChI=1S/C45H49F3N6O4/c1-43(2,3)57-41(55)53-23-7-9-37(53)39-49-26-35(51-39)31-13-11-28(12-14-31)25-34(30-19-21-33(22-20-30)45(46,47)48)29-15-17-32(18-16-29)36-27-50-40(52-36)38-10-8-24-54(38)42(56)58-44(4,5)6/h11-22,25-27,37-38H,7-10,23-24H2,1-6H3,(H,49,51)(H,50,52)/b34-25-/t37-,38-/m0/s1. The summed E-state index contributed by atoms with van der Waals surface area (Å²) in [7, 11) is 0. The van der Waals surface area contributed by atoms with Gasteiger partial charge in [-0.3, -0.25) is 9.80 Å². The number of alkyl halides is 3. The highest BCUT2D eigenvalue weighted by molar-refractivity contribution is 5.92. The highest BCUT2D eigenvalue weighted by Crippen LogP contribution is 2.36. The number of imidazole rings is 2. The van der Waals surface area contributed by atoms with Crippen LogP contribution in [0.5, 0.6) is 0 Å². The van der Waals surface area contributed by atoms with Crippen LogP contribution in [0.1, 0.15) is 113 Å². The van der Waals surface area contributed by atoms with Gasteiger partial charge in [-0.2, -0.15) is 13.2 Å². The van der Waals surface area contributed by atoms with Crippen molar-refractivity contribution in [2.24, 2.45) is 0 Å². The lowest BCUT2D eigenvalue weighted by atomic mass is 9.93. The van der Waals surface area contributed by atoms with Gasteiger partial charge in [-0.05, 0) is 119 Å². The summed E-state index contributed by atoms with van der Waals surface area (Å²) in [6.45, 7) is 12.3. The summed E-state index contributed by atoms with van der Waals surface area (Å²) < 4.78 is 51.8. The molecule has 2 aromatic heterocycles. The van der Waals surface area contributed by atoms with Crippen molar-refractivity contribution in [2.75, 3.05) is 13.1 Å². The van der Waals surface area contributed by atoms with E-state index in [1.165, 1.54) is 12.1 Å². The Labute approximate surface area is 336 Å². The van der Waals surface area contributed by atoms with Crippen molar-refractivity contribution in [1.29, 1.82) is 0 Å². The monoisotopic (exact) mass is 794 g/mol. The van der Waals surface area contributed by atoms with E-state index in [1.54, 1.807) is 22.2 Å². The molecule has 0 aliphatic carbocycles. The van der Waals surface area contributed by atoms with Crippen LogP contribution >= 0.6 is 0 Å². The molecule has 304 valence electrons. The molecule has 58 heavy (non-hydrogen) atoms. The number of aromatic nitrogens is 4. The smallest absolute Gasteiger partial charge is 0.416 e. The predicted molar refractivity (Wildman–Crippen MR) is 216 cm³/mol. The first-order chi connectivity index (χ1) is 27.4. The first kappa shape index (κ1) is 40.4. The summed E-state index contributed by atoms with van der Waals surface area (Å²) in [5.41, 5.74) is 4.44. The predicted octanol–water partition coefficient (Wildman–Crippen LogP) is 11.2. The second-order valence-corrected chi connectivity index (χ2v) is 16.9. The van der Waals surface area contributed by atoms with Crippen molar-refractivity contribution in [3.8, 4) is 22.5 Å². The average Bonchev–Trinajstić information content (AvgIpc) is 3.99. The van der Waals surface area contributed by atoms with Gasteiger partial charge in [0, 0.05) is 13.1 Å². The lowest BCUT2D eigenvalue weighted by Gasteiger charge is -2.27. The number of H-pyrrole nitrogens is 2. The van der Waals surface area contributed by atoms with E-state index < -0.39 is 22.9 Å². The van der Waals surface area contributed by atoms with E-state index in [1.807, 2.05) is 96.1 Å². The van der Waals surface area contributed by atoms with Gasteiger partial charge in [0.05, 0.1) is 41.4 Å². The third kappa shape index (κ3) is 9.30. The number of nitrogens with zero attached hydrogens (tertiary/aromatic N) is 4. The number of amides is 2. The van der Waals surface area contributed by atoms with Gasteiger partial charge in [0.15, 0.2) is 0 Å². The zero-order valence-electron chi connectivity index (χ0n) is 33.6. The Bertz CT molecular complexity index is 2260. The number of halogens is 3. The number of hydrogen-bond donors (Lipinski definition) is 2. The van der Waals surface area contributed by atoms with Crippen molar-refractivity contribution < 1.29 is 32.2 Å². The zero-order valence-corrected chi connectivity index (χ0v) is 33.6. The molecule has 2 amide bonds. The number of carbonyl (C=O) groups excluding carboxylic acids is 2. The van der Waals surface area contributed by atoms with Crippen LogP contribution in [0, 0.1) is 0 Å². The fourth-order valence-corrected chi connectivity index (χ4v) is 7.41. The highest BCUT2D eigenvalue weighted by atomic mass is 19.4. The van der Waals surface area contributed by atoms with Crippen molar-refractivity contribution in [1.82, 2.24) is 29.7 Å². The molecule has 5 aromatic rings. The van der Waals surface area contributed by atoms with Crippen LogP contribution in [-0.4, -0.2) is 66.2 Å². The second-order valence-electron chi connectivity index (χ2n) is 16.9. The first-order valence-corrected chi connectivity index (χ1v) is 19.6. The Hall–Kier alpha value is -5.85. The summed E-state index contributed by atoms with van der Waals surface area (Å²) in [5, 5.41) is 0. The number of benzene rings is 3. The molecule has 2 aliphatic heterocycles. The van der Waals surface area contributed by atoms with E-state index in [9.17, 15) is 22.8 Å². The Kier molecular flexibility index (Phi) is 11.0. The normalized spacial score (nSPS) is 17.8. The average molecular weight is 795 g/mol. The van der Waals surface area contributed by atoms with Gasteiger partial charge < -0.3 is 19.4 Å². The number of hydrogen-bond acceptors (Lipinski definition) is 6. The fourth-order valence-electron chi connectivity index (χ4n) is 7.41. The van der Waals surface area contributed by atoms with Gasteiger partial charge in [0.25, 0.3) is 0 Å². The maximum atomic E-state index is 13.5. The summed E-state index contributed by atoms with van der Waals surface area (Å²) >= 11 is 0. The van der Waals surface area contributed by atoms with Crippen LogP contribution in [0.15, 0.2) is 85.2 Å². The molecule has 0 spiro atoms. The van der Waals surface area contributed by atoms with Gasteiger partial charge >= 0.3 is 18.4 Å². The molecule has 2 N–H and O–H groups in total. The third-order valence-corrected chi connectivity index (χ3v) is 10.1. The van der Waals surface area contributed by atoms with Crippen LogP contribution < -0.4 is 0 Å². The minimum atomic E-state index is -4.45. The number of aromatic amines is 2. The highest BCUT2D eigenvalue weighted by Gasteiger charge is 2.36. The minimum Gasteiger partial charge on any atom is -0.444 e. The molecule has 7 rings (SSSR count). The Morgan fingerprint density at radius 1 is 0.655 bits per heavy atom. The van der Waals surface area contributed by atoms with Crippen LogP contribution in [0.2, 0.25) is 0 Å². The number of nitrogens with one attached hydrogen (secondary N) is 2. The van der Waals surface area contributed by atoms with Gasteiger partial charge in [0.2, 0.25) is 0 Å². The molecule has 10 nitrogen and oxygen atoms in total. The molecule has 0 saturated carbocycles. The maximum Gasteiger partial charge on any atom is 0.416 e. The topological polar surface area (TPSA) is 116 Å². The van der Waals surface area contributed by atoms with Gasteiger partial charge in [-0.25, -0.2) is 19.6 Å². The van der Waals surface area contributed by atoms with E-state index in [0.717, 1.165) is 77.0 Å². The lowest BCUT2D eigenvalue weighted by Crippen LogP contribution is -2.36.